The van der Waals surface area contributed by atoms with Gasteiger partial charge < -0.3 is 5.32 Å². The summed E-state index contributed by atoms with van der Waals surface area (Å²) in [5.41, 5.74) is 0.574. The van der Waals surface area contributed by atoms with Crippen molar-refractivity contribution in [2.45, 2.75) is 37.8 Å². The lowest BCUT2D eigenvalue weighted by Gasteiger charge is -2.26. The lowest BCUT2D eigenvalue weighted by Crippen LogP contribution is -2.44. The van der Waals surface area contributed by atoms with Gasteiger partial charge >= 0.3 is 0 Å². The van der Waals surface area contributed by atoms with Crippen LogP contribution in [0.15, 0.2) is 5.38 Å². The topological polar surface area (TPSA) is 59.1 Å². The molecule has 2 heterocycles. The van der Waals surface area contributed by atoms with Crippen LogP contribution in [0.25, 0.3) is 0 Å². The van der Waals surface area contributed by atoms with Crippen molar-refractivity contribution in [1.82, 2.24) is 10.3 Å². The van der Waals surface area contributed by atoms with Gasteiger partial charge in [0.25, 0.3) is 0 Å². The quantitative estimate of drug-likeness (QED) is 0.899. The summed E-state index contributed by atoms with van der Waals surface area (Å²) in [7, 11) is -2.91. The standard InChI is InChI=1S/C11H16N2O2S2/c1-8-6-16-10(12-8)11(13-9-2-3-9)4-5-17(14,15)7-11/h6,9,13H,2-5,7H2,1H3. The number of thiazole rings is 1. The number of hydrogen-bond donors (Lipinski definition) is 1. The molecule has 1 aliphatic carbocycles. The van der Waals surface area contributed by atoms with Crippen molar-refractivity contribution in [3.05, 3.63) is 16.1 Å². The van der Waals surface area contributed by atoms with E-state index in [1.807, 2.05) is 12.3 Å². The Morgan fingerprint density at radius 3 is 2.76 bits per heavy atom. The Labute approximate surface area is 105 Å². The number of nitrogens with one attached hydrogen (secondary N) is 1. The van der Waals surface area contributed by atoms with Crippen LogP contribution in [0.1, 0.15) is 30.0 Å². The first-order chi connectivity index (χ1) is 7.99. The molecular formula is C11H16N2O2S2. The fourth-order valence-corrected chi connectivity index (χ4v) is 5.39. The van der Waals surface area contributed by atoms with Gasteiger partial charge in [0.15, 0.2) is 9.84 Å². The molecule has 94 valence electrons. The first kappa shape index (κ1) is 11.6. The molecule has 1 saturated carbocycles. The highest BCUT2D eigenvalue weighted by atomic mass is 32.2. The predicted molar refractivity (Wildman–Crippen MR) is 68.0 cm³/mol. The zero-order valence-electron chi connectivity index (χ0n) is 9.77. The molecule has 0 spiro atoms. The van der Waals surface area contributed by atoms with Gasteiger partial charge in [-0.3, -0.25) is 0 Å². The van der Waals surface area contributed by atoms with Crippen LogP contribution in [0, 0.1) is 6.92 Å². The van der Waals surface area contributed by atoms with Crippen molar-refractivity contribution in [2.75, 3.05) is 11.5 Å². The van der Waals surface area contributed by atoms with E-state index in [2.05, 4.69) is 10.3 Å². The predicted octanol–water partition coefficient (Wildman–Crippen LogP) is 1.22. The number of aryl methyl sites for hydroxylation is 1. The van der Waals surface area contributed by atoms with E-state index >= 15 is 0 Å². The minimum Gasteiger partial charge on any atom is -0.302 e. The maximum atomic E-state index is 11.8. The Kier molecular flexibility index (Phi) is 2.57. The third-order valence-electron chi connectivity index (χ3n) is 3.39. The molecule has 17 heavy (non-hydrogen) atoms. The molecule has 0 amide bonds. The number of hydrogen-bond acceptors (Lipinski definition) is 5. The van der Waals surface area contributed by atoms with E-state index in [1.54, 1.807) is 11.3 Å². The van der Waals surface area contributed by atoms with Gasteiger partial charge in [-0.25, -0.2) is 13.4 Å². The van der Waals surface area contributed by atoms with Gasteiger partial charge in [-0.05, 0) is 26.2 Å². The van der Waals surface area contributed by atoms with E-state index in [1.165, 1.54) is 0 Å². The van der Waals surface area contributed by atoms with Crippen LogP contribution < -0.4 is 5.32 Å². The second-order valence-electron chi connectivity index (χ2n) is 5.14. The summed E-state index contributed by atoms with van der Waals surface area (Å²) in [5.74, 6) is 0.495. The SMILES string of the molecule is Cc1csc(C2(NC3CC3)CCS(=O)(=O)C2)n1. The average molecular weight is 272 g/mol. The monoisotopic (exact) mass is 272 g/mol. The van der Waals surface area contributed by atoms with E-state index in [0.717, 1.165) is 23.5 Å². The molecule has 6 heteroatoms. The van der Waals surface area contributed by atoms with E-state index in [4.69, 9.17) is 0 Å². The van der Waals surface area contributed by atoms with Crippen LogP contribution >= 0.6 is 11.3 Å². The molecule has 1 unspecified atom stereocenters. The molecular weight excluding hydrogens is 256 g/mol. The molecule has 1 atom stereocenters. The third kappa shape index (κ3) is 2.26. The van der Waals surface area contributed by atoms with E-state index in [0.29, 0.717) is 12.5 Å². The molecule has 1 saturated heterocycles. The Balaban J connectivity index is 1.96. The van der Waals surface area contributed by atoms with Crippen molar-refractivity contribution < 1.29 is 8.42 Å². The van der Waals surface area contributed by atoms with Crippen molar-refractivity contribution in [3.8, 4) is 0 Å². The van der Waals surface area contributed by atoms with E-state index in [-0.39, 0.29) is 11.5 Å². The van der Waals surface area contributed by atoms with Gasteiger partial charge in [-0.2, -0.15) is 0 Å². The summed E-state index contributed by atoms with van der Waals surface area (Å²) in [5, 5.41) is 6.46. The molecule has 2 aliphatic rings. The Morgan fingerprint density at radius 2 is 2.29 bits per heavy atom. The number of rotatable bonds is 3. The Hall–Kier alpha value is -0.460. The fourth-order valence-electron chi connectivity index (χ4n) is 2.39. The van der Waals surface area contributed by atoms with Crippen LogP contribution in [-0.2, 0) is 15.4 Å². The third-order valence-corrected chi connectivity index (χ3v) is 6.32. The average Bonchev–Trinajstić information content (AvgIpc) is 2.84. The maximum absolute atomic E-state index is 11.8. The zero-order chi connectivity index (χ0) is 12.1. The normalized spacial score (nSPS) is 31.8. The maximum Gasteiger partial charge on any atom is 0.152 e. The summed E-state index contributed by atoms with van der Waals surface area (Å²) < 4.78 is 23.5. The minimum absolute atomic E-state index is 0.212. The lowest BCUT2D eigenvalue weighted by atomic mass is 10.00. The van der Waals surface area contributed by atoms with Gasteiger partial charge in [0.1, 0.15) is 5.01 Å². The van der Waals surface area contributed by atoms with Gasteiger partial charge in [0.05, 0.1) is 17.0 Å². The molecule has 1 aromatic heterocycles. The van der Waals surface area contributed by atoms with Gasteiger partial charge in [-0.1, -0.05) is 0 Å². The van der Waals surface area contributed by atoms with Crippen molar-refractivity contribution in [1.29, 1.82) is 0 Å². The van der Waals surface area contributed by atoms with Gasteiger partial charge in [-0.15, -0.1) is 11.3 Å². The summed E-state index contributed by atoms with van der Waals surface area (Å²) in [6, 6.07) is 0.493. The largest absolute Gasteiger partial charge is 0.302 e. The fraction of sp³-hybridized carbons (Fsp3) is 0.727. The van der Waals surface area contributed by atoms with E-state index in [9.17, 15) is 8.42 Å². The van der Waals surface area contributed by atoms with Crippen molar-refractivity contribution in [3.63, 3.8) is 0 Å². The zero-order valence-corrected chi connectivity index (χ0v) is 11.4. The van der Waals surface area contributed by atoms with Gasteiger partial charge in [0, 0.05) is 17.1 Å². The van der Waals surface area contributed by atoms with Crippen LogP contribution in [0.2, 0.25) is 0 Å². The molecule has 0 radical (unpaired) electrons. The first-order valence-electron chi connectivity index (χ1n) is 5.90. The summed E-state index contributed by atoms with van der Waals surface area (Å²) in [6.45, 7) is 1.95. The second kappa shape index (κ2) is 3.76. The highest BCUT2D eigenvalue weighted by molar-refractivity contribution is 7.91. The number of sulfone groups is 1. The van der Waals surface area contributed by atoms with Gasteiger partial charge in [0.2, 0.25) is 0 Å². The molecule has 0 aromatic carbocycles. The van der Waals surface area contributed by atoms with Crippen LogP contribution in [0.4, 0.5) is 0 Å². The number of aromatic nitrogens is 1. The van der Waals surface area contributed by atoms with Crippen molar-refractivity contribution >= 4 is 21.2 Å². The summed E-state index contributed by atoms with van der Waals surface area (Å²) >= 11 is 1.58. The minimum atomic E-state index is -2.91. The summed E-state index contributed by atoms with van der Waals surface area (Å²) in [6.07, 6.45) is 2.98. The molecule has 1 aromatic rings. The molecule has 3 rings (SSSR count). The van der Waals surface area contributed by atoms with Crippen LogP contribution in [-0.4, -0.2) is 30.9 Å². The Bertz CT molecular complexity index is 533. The molecule has 2 fully saturated rings. The smallest absolute Gasteiger partial charge is 0.152 e. The van der Waals surface area contributed by atoms with E-state index < -0.39 is 15.4 Å². The highest BCUT2D eigenvalue weighted by Crippen LogP contribution is 2.38. The lowest BCUT2D eigenvalue weighted by molar-refractivity contribution is 0.369. The first-order valence-corrected chi connectivity index (χ1v) is 8.60. The Morgan fingerprint density at radius 1 is 1.53 bits per heavy atom. The highest BCUT2D eigenvalue weighted by Gasteiger charge is 2.48. The molecule has 1 N–H and O–H groups in total. The molecule has 0 bridgehead atoms. The number of nitrogens with zero attached hydrogens (tertiary/aromatic N) is 1. The molecule has 4 nitrogen and oxygen atoms in total. The second-order valence-corrected chi connectivity index (χ2v) is 8.18. The van der Waals surface area contributed by atoms with Crippen LogP contribution in [0.5, 0.6) is 0 Å². The summed E-state index contributed by atoms with van der Waals surface area (Å²) in [4.78, 5) is 4.50. The molecule has 1 aliphatic heterocycles. The van der Waals surface area contributed by atoms with Crippen molar-refractivity contribution in [2.24, 2.45) is 0 Å². The van der Waals surface area contributed by atoms with Crippen LogP contribution in [0.3, 0.4) is 0 Å².